The molecule has 1 fully saturated rings. The van der Waals surface area contributed by atoms with E-state index in [1.165, 1.54) is 19.2 Å². The van der Waals surface area contributed by atoms with Crippen LogP contribution in [-0.4, -0.2) is 35.7 Å². The SMILES string of the molecule is COc1ccc(Br)cc1C(c1ccc(F)cc1F)N1CCCCC1C(=O)O. The number of hydrogen-bond acceptors (Lipinski definition) is 3. The maximum atomic E-state index is 14.7. The largest absolute Gasteiger partial charge is 0.496 e. The number of benzene rings is 2. The van der Waals surface area contributed by atoms with Gasteiger partial charge in [-0.1, -0.05) is 28.4 Å². The van der Waals surface area contributed by atoms with Crippen molar-refractivity contribution in [1.82, 2.24) is 4.90 Å². The van der Waals surface area contributed by atoms with Crippen LogP contribution in [0.25, 0.3) is 0 Å². The van der Waals surface area contributed by atoms with Gasteiger partial charge in [-0.15, -0.1) is 0 Å². The number of nitrogens with zero attached hydrogens (tertiary/aromatic N) is 1. The Hall–Kier alpha value is -1.99. The van der Waals surface area contributed by atoms with Crippen LogP contribution in [0, 0.1) is 11.6 Å². The summed E-state index contributed by atoms with van der Waals surface area (Å²) in [5.41, 5.74) is 0.853. The number of methoxy groups -OCH3 is 1. The number of carbonyl (C=O) groups is 1. The summed E-state index contributed by atoms with van der Waals surface area (Å²) in [4.78, 5) is 13.6. The van der Waals surface area contributed by atoms with Gasteiger partial charge < -0.3 is 9.84 Å². The van der Waals surface area contributed by atoms with Gasteiger partial charge in [0, 0.05) is 21.7 Å². The Morgan fingerprint density at radius 1 is 1.22 bits per heavy atom. The molecule has 2 aromatic rings. The van der Waals surface area contributed by atoms with E-state index >= 15 is 0 Å². The van der Waals surface area contributed by atoms with Crippen molar-refractivity contribution in [3.8, 4) is 5.75 Å². The number of carboxylic acid groups (broad SMARTS) is 1. The topological polar surface area (TPSA) is 49.8 Å². The molecule has 3 rings (SSSR count). The lowest BCUT2D eigenvalue weighted by atomic mass is 9.91. The number of piperidine rings is 1. The zero-order chi connectivity index (χ0) is 19.6. The molecule has 0 aliphatic carbocycles. The van der Waals surface area contributed by atoms with Gasteiger partial charge >= 0.3 is 5.97 Å². The predicted octanol–water partition coefficient (Wildman–Crippen LogP) is 4.76. The third kappa shape index (κ3) is 4.14. The molecule has 27 heavy (non-hydrogen) atoms. The van der Waals surface area contributed by atoms with Crippen molar-refractivity contribution in [3.63, 3.8) is 0 Å². The lowest BCUT2D eigenvalue weighted by Gasteiger charge is -2.40. The van der Waals surface area contributed by atoms with Gasteiger partial charge in [-0.2, -0.15) is 0 Å². The van der Waals surface area contributed by atoms with Crippen molar-refractivity contribution < 1.29 is 23.4 Å². The molecule has 1 aliphatic rings. The van der Waals surface area contributed by atoms with Crippen LogP contribution < -0.4 is 4.74 Å². The summed E-state index contributed by atoms with van der Waals surface area (Å²) in [5, 5.41) is 9.71. The molecule has 1 saturated heterocycles. The molecule has 4 nitrogen and oxygen atoms in total. The van der Waals surface area contributed by atoms with E-state index in [2.05, 4.69) is 15.9 Å². The molecule has 0 saturated carbocycles. The summed E-state index contributed by atoms with van der Waals surface area (Å²) in [6, 6.07) is 7.26. The summed E-state index contributed by atoms with van der Waals surface area (Å²) in [6.07, 6.45) is 2.08. The Labute approximate surface area is 164 Å². The maximum Gasteiger partial charge on any atom is 0.320 e. The quantitative estimate of drug-likeness (QED) is 0.729. The first-order valence-electron chi connectivity index (χ1n) is 8.69. The van der Waals surface area contributed by atoms with Crippen molar-refractivity contribution in [1.29, 1.82) is 0 Å². The molecule has 144 valence electrons. The van der Waals surface area contributed by atoms with E-state index in [0.29, 0.717) is 24.3 Å². The second-order valence-corrected chi connectivity index (χ2v) is 7.46. The molecular formula is C20H20BrF2NO3. The Bertz CT molecular complexity index is 846. The summed E-state index contributed by atoms with van der Waals surface area (Å²) in [6.45, 7) is 0.494. The highest BCUT2D eigenvalue weighted by atomic mass is 79.9. The van der Waals surface area contributed by atoms with Crippen LogP contribution in [-0.2, 0) is 4.79 Å². The molecule has 0 radical (unpaired) electrons. The summed E-state index contributed by atoms with van der Waals surface area (Å²) in [7, 11) is 1.51. The average Bonchev–Trinajstić information content (AvgIpc) is 2.64. The third-order valence-corrected chi connectivity index (χ3v) is 5.40. The van der Waals surface area contributed by atoms with Crippen LogP contribution >= 0.6 is 15.9 Å². The second-order valence-electron chi connectivity index (χ2n) is 6.54. The van der Waals surface area contributed by atoms with Crippen molar-refractivity contribution in [2.75, 3.05) is 13.7 Å². The Morgan fingerprint density at radius 2 is 2.00 bits per heavy atom. The highest BCUT2D eigenvalue weighted by Crippen LogP contribution is 2.40. The van der Waals surface area contributed by atoms with Crippen LogP contribution in [0.15, 0.2) is 40.9 Å². The molecule has 2 atom stereocenters. The molecule has 0 amide bonds. The number of likely N-dealkylation sites (tertiary alicyclic amines) is 1. The Morgan fingerprint density at radius 3 is 2.67 bits per heavy atom. The molecular weight excluding hydrogens is 420 g/mol. The lowest BCUT2D eigenvalue weighted by molar-refractivity contribution is -0.145. The number of rotatable bonds is 5. The molecule has 0 bridgehead atoms. The van der Waals surface area contributed by atoms with Crippen LogP contribution in [0.2, 0.25) is 0 Å². The van der Waals surface area contributed by atoms with Gasteiger partial charge in [-0.05, 0) is 43.7 Å². The number of aliphatic carboxylic acids is 1. The van der Waals surface area contributed by atoms with Crippen LogP contribution in [0.4, 0.5) is 8.78 Å². The molecule has 2 unspecified atom stereocenters. The Kier molecular flexibility index (Phi) is 6.11. The zero-order valence-corrected chi connectivity index (χ0v) is 16.4. The van der Waals surface area contributed by atoms with Gasteiger partial charge in [0.25, 0.3) is 0 Å². The van der Waals surface area contributed by atoms with Crippen molar-refractivity contribution in [2.24, 2.45) is 0 Å². The van der Waals surface area contributed by atoms with E-state index in [-0.39, 0.29) is 5.56 Å². The third-order valence-electron chi connectivity index (χ3n) is 4.90. The van der Waals surface area contributed by atoms with E-state index in [0.717, 1.165) is 23.4 Å². The standard InChI is InChI=1S/C20H20BrF2NO3/c1-27-18-8-5-12(21)10-15(18)19(14-7-6-13(22)11-16(14)23)24-9-3-2-4-17(24)20(25)26/h5-8,10-11,17,19H,2-4,9H2,1H3,(H,25,26). The zero-order valence-electron chi connectivity index (χ0n) is 14.8. The Balaban J connectivity index is 2.20. The van der Waals surface area contributed by atoms with Crippen molar-refractivity contribution >= 4 is 21.9 Å². The molecule has 1 heterocycles. The fourth-order valence-corrected chi connectivity index (χ4v) is 4.07. The lowest BCUT2D eigenvalue weighted by Crippen LogP contribution is -2.47. The van der Waals surface area contributed by atoms with Gasteiger partial charge in [-0.25, -0.2) is 8.78 Å². The van der Waals surface area contributed by atoms with Crippen LogP contribution in [0.5, 0.6) is 5.75 Å². The van der Waals surface area contributed by atoms with E-state index in [9.17, 15) is 18.7 Å². The summed E-state index contributed by atoms with van der Waals surface area (Å²) in [5.74, 6) is -1.82. The van der Waals surface area contributed by atoms with Gasteiger partial charge in [0.15, 0.2) is 0 Å². The number of halogens is 3. The minimum atomic E-state index is -0.948. The van der Waals surface area contributed by atoms with E-state index in [4.69, 9.17) is 4.74 Å². The predicted molar refractivity (Wildman–Crippen MR) is 101 cm³/mol. The molecule has 0 aromatic heterocycles. The van der Waals surface area contributed by atoms with Crippen molar-refractivity contribution in [3.05, 3.63) is 63.6 Å². The first kappa shape index (κ1) is 19.8. The van der Waals surface area contributed by atoms with E-state index in [1.54, 1.807) is 23.1 Å². The van der Waals surface area contributed by atoms with Gasteiger partial charge in [0.05, 0.1) is 13.2 Å². The average molecular weight is 440 g/mol. The number of hydrogen-bond donors (Lipinski definition) is 1. The molecule has 7 heteroatoms. The fraction of sp³-hybridized carbons (Fsp3) is 0.350. The minimum absolute atomic E-state index is 0.223. The molecule has 2 aromatic carbocycles. The fourth-order valence-electron chi connectivity index (χ4n) is 3.70. The number of carboxylic acids is 1. The van der Waals surface area contributed by atoms with Crippen LogP contribution in [0.3, 0.4) is 0 Å². The maximum absolute atomic E-state index is 14.7. The highest BCUT2D eigenvalue weighted by Gasteiger charge is 2.37. The normalized spacial score (nSPS) is 18.9. The molecule has 1 N–H and O–H groups in total. The van der Waals surface area contributed by atoms with Crippen LogP contribution in [0.1, 0.15) is 36.4 Å². The first-order chi connectivity index (χ1) is 12.9. The minimum Gasteiger partial charge on any atom is -0.496 e. The van der Waals surface area contributed by atoms with Gasteiger partial charge in [0.1, 0.15) is 23.4 Å². The summed E-state index contributed by atoms with van der Waals surface area (Å²) >= 11 is 3.42. The summed E-state index contributed by atoms with van der Waals surface area (Å²) < 4.78 is 34.4. The molecule has 1 aliphatic heterocycles. The van der Waals surface area contributed by atoms with E-state index < -0.39 is 29.7 Å². The highest BCUT2D eigenvalue weighted by molar-refractivity contribution is 9.10. The second kappa shape index (κ2) is 8.35. The van der Waals surface area contributed by atoms with E-state index in [1.807, 2.05) is 0 Å². The smallest absolute Gasteiger partial charge is 0.320 e. The first-order valence-corrected chi connectivity index (χ1v) is 9.48. The van der Waals surface area contributed by atoms with Crippen molar-refractivity contribution in [2.45, 2.75) is 31.3 Å². The van der Waals surface area contributed by atoms with Gasteiger partial charge in [0.2, 0.25) is 0 Å². The van der Waals surface area contributed by atoms with Gasteiger partial charge in [-0.3, -0.25) is 9.69 Å². The number of ether oxygens (including phenoxy) is 1. The molecule has 0 spiro atoms. The monoisotopic (exact) mass is 439 g/mol.